The maximum Gasteiger partial charge on any atom is 0.164 e. The predicted octanol–water partition coefficient (Wildman–Crippen LogP) is 3.67. The van der Waals surface area contributed by atoms with Crippen molar-refractivity contribution in [3.05, 3.63) is 71.3 Å². The smallest absolute Gasteiger partial charge is 0.164 e. The van der Waals surface area contributed by atoms with E-state index in [-0.39, 0.29) is 17.4 Å². The molecule has 0 bridgehead atoms. The maximum atomic E-state index is 12.8. The van der Waals surface area contributed by atoms with Crippen molar-refractivity contribution in [3.8, 4) is 0 Å². The zero-order valence-corrected chi connectivity index (χ0v) is 11.9. The molecule has 0 aliphatic heterocycles. The van der Waals surface area contributed by atoms with E-state index in [1.165, 1.54) is 36.4 Å². The second-order valence-electron chi connectivity index (χ2n) is 5.04. The van der Waals surface area contributed by atoms with Crippen molar-refractivity contribution in [3.63, 3.8) is 0 Å². The van der Waals surface area contributed by atoms with Crippen molar-refractivity contribution >= 4 is 5.78 Å². The third-order valence-electron chi connectivity index (χ3n) is 3.25. The van der Waals surface area contributed by atoms with Gasteiger partial charge in [0.1, 0.15) is 11.6 Å². The van der Waals surface area contributed by atoms with Crippen molar-refractivity contribution in [2.24, 2.45) is 0 Å². The van der Waals surface area contributed by atoms with Gasteiger partial charge in [-0.15, -0.1) is 0 Å². The topological polar surface area (TPSA) is 20.3 Å². The summed E-state index contributed by atoms with van der Waals surface area (Å²) in [5.41, 5.74) is 1.51. The molecule has 2 nitrogen and oxygen atoms in total. The van der Waals surface area contributed by atoms with Crippen LogP contribution in [-0.2, 0) is 6.54 Å². The number of hydrogen-bond donors (Lipinski definition) is 0. The number of benzene rings is 2. The Labute approximate surface area is 123 Å². The monoisotopic (exact) mass is 289 g/mol. The van der Waals surface area contributed by atoms with Gasteiger partial charge in [0.2, 0.25) is 0 Å². The summed E-state index contributed by atoms with van der Waals surface area (Å²) in [5.74, 6) is -0.617. The Hall–Kier alpha value is -2.07. The predicted molar refractivity (Wildman–Crippen MR) is 78.1 cm³/mol. The highest BCUT2D eigenvalue weighted by Crippen LogP contribution is 2.09. The minimum atomic E-state index is -0.347. The summed E-state index contributed by atoms with van der Waals surface area (Å²) >= 11 is 0. The molecule has 0 aliphatic carbocycles. The normalized spacial score (nSPS) is 10.9. The molecule has 0 N–H and O–H groups in total. The Bertz CT molecular complexity index is 593. The molecule has 2 rings (SSSR count). The number of hydrogen-bond acceptors (Lipinski definition) is 2. The molecule has 0 fully saturated rings. The minimum absolute atomic E-state index is 0.0130. The van der Waals surface area contributed by atoms with E-state index in [0.717, 1.165) is 5.56 Å². The SMILES string of the molecule is CN(CCC(=O)c1ccc(F)cc1)Cc1ccc(F)cc1. The van der Waals surface area contributed by atoms with E-state index in [1.54, 1.807) is 12.1 Å². The lowest BCUT2D eigenvalue weighted by Crippen LogP contribution is -2.21. The van der Waals surface area contributed by atoms with Gasteiger partial charge in [-0.2, -0.15) is 0 Å². The second kappa shape index (κ2) is 7.09. The quantitative estimate of drug-likeness (QED) is 0.756. The second-order valence-corrected chi connectivity index (χ2v) is 5.04. The lowest BCUT2D eigenvalue weighted by Gasteiger charge is -2.16. The molecular formula is C17H17F2NO. The Balaban J connectivity index is 1.83. The summed E-state index contributed by atoms with van der Waals surface area (Å²) in [5, 5.41) is 0. The van der Waals surface area contributed by atoms with Crippen LogP contribution in [0, 0.1) is 11.6 Å². The number of carbonyl (C=O) groups excluding carboxylic acids is 1. The largest absolute Gasteiger partial charge is 0.302 e. The zero-order chi connectivity index (χ0) is 15.2. The summed E-state index contributed by atoms with van der Waals surface area (Å²) in [7, 11) is 1.90. The molecule has 0 saturated heterocycles. The van der Waals surface area contributed by atoms with Gasteiger partial charge in [-0.05, 0) is 49.0 Å². The Morgan fingerprint density at radius 3 is 2.05 bits per heavy atom. The molecule has 0 unspecified atom stereocenters. The van der Waals surface area contributed by atoms with Crippen molar-refractivity contribution in [2.75, 3.05) is 13.6 Å². The molecule has 110 valence electrons. The van der Waals surface area contributed by atoms with Crippen molar-refractivity contribution in [2.45, 2.75) is 13.0 Å². The molecule has 2 aromatic carbocycles. The Kier molecular flexibility index (Phi) is 5.17. The first-order valence-corrected chi connectivity index (χ1v) is 6.76. The van der Waals surface area contributed by atoms with Crippen LogP contribution in [0.5, 0.6) is 0 Å². The van der Waals surface area contributed by atoms with Crippen molar-refractivity contribution in [1.82, 2.24) is 4.90 Å². The highest BCUT2D eigenvalue weighted by molar-refractivity contribution is 5.96. The van der Waals surface area contributed by atoms with Gasteiger partial charge in [0.15, 0.2) is 5.78 Å². The van der Waals surface area contributed by atoms with Crippen LogP contribution in [0.4, 0.5) is 8.78 Å². The van der Waals surface area contributed by atoms with E-state index in [4.69, 9.17) is 0 Å². The van der Waals surface area contributed by atoms with Crippen molar-refractivity contribution < 1.29 is 13.6 Å². The molecule has 0 heterocycles. The first-order valence-electron chi connectivity index (χ1n) is 6.76. The van der Waals surface area contributed by atoms with E-state index >= 15 is 0 Å². The number of Topliss-reactive ketones (excluding diaryl/α,β-unsaturated/α-hetero) is 1. The van der Waals surface area contributed by atoms with Gasteiger partial charge in [0.05, 0.1) is 0 Å². The van der Waals surface area contributed by atoms with Crippen molar-refractivity contribution in [1.29, 1.82) is 0 Å². The minimum Gasteiger partial charge on any atom is -0.302 e. The first kappa shape index (κ1) is 15.3. The average molecular weight is 289 g/mol. The van der Waals surface area contributed by atoms with Crippen LogP contribution >= 0.6 is 0 Å². The molecule has 0 aromatic heterocycles. The highest BCUT2D eigenvalue weighted by atomic mass is 19.1. The number of carbonyl (C=O) groups is 1. The van der Waals surface area contributed by atoms with E-state index in [9.17, 15) is 13.6 Å². The van der Waals surface area contributed by atoms with Gasteiger partial charge < -0.3 is 4.90 Å². The number of nitrogens with zero attached hydrogens (tertiary/aromatic N) is 1. The summed E-state index contributed by atoms with van der Waals surface area (Å²) in [6.07, 6.45) is 0.364. The van der Waals surface area contributed by atoms with Gasteiger partial charge in [0, 0.05) is 25.1 Å². The summed E-state index contributed by atoms with van der Waals surface area (Å²) in [6.45, 7) is 1.24. The fraction of sp³-hybridized carbons (Fsp3) is 0.235. The molecular weight excluding hydrogens is 272 g/mol. The van der Waals surface area contributed by atoms with Crippen LogP contribution < -0.4 is 0 Å². The third-order valence-corrected chi connectivity index (χ3v) is 3.25. The van der Waals surface area contributed by atoms with Gasteiger partial charge in [-0.3, -0.25) is 4.79 Å². The molecule has 21 heavy (non-hydrogen) atoms. The van der Waals surface area contributed by atoms with Crippen LogP contribution in [0.1, 0.15) is 22.3 Å². The van der Waals surface area contributed by atoms with Gasteiger partial charge in [-0.1, -0.05) is 12.1 Å². The number of rotatable bonds is 6. The van der Waals surface area contributed by atoms with Gasteiger partial charge >= 0.3 is 0 Å². The fourth-order valence-corrected chi connectivity index (χ4v) is 2.05. The van der Waals surface area contributed by atoms with Gasteiger partial charge in [-0.25, -0.2) is 8.78 Å². The lowest BCUT2D eigenvalue weighted by molar-refractivity contribution is 0.0968. The molecule has 0 amide bonds. The number of ketones is 1. The standard InChI is InChI=1S/C17H17F2NO/c1-20(12-13-2-6-15(18)7-3-13)11-10-17(21)14-4-8-16(19)9-5-14/h2-9H,10-12H2,1H3. The fourth-order valence-electron chi connectivity index (χ4n) is 2.05. The van der Waals surface area contributed by atoms with E-state index < -0.39 is 0 Å². The van der Waals surface area contributed by atoms with Crippen LogP contribution in [0.3, 0.4) is 0 Å². The lowest BCUT2D eigenvalue weighted by atomic mass is 10.1. The average Bonchev–Trinajstić information content (AvgIpc) is 2.48. The van der Waals surface area contributed by atoms with Gasteiger partial charge in [0.25, 0.3) is 0 Å². The summed E-state index contributed by atoms with van der Waals surface area (Å²) in [6, 6.07) is 11.9. The molecule has 0 spiro atoms. The Morgan fingerprint density at radius 2 is 1.48 bits per heavy atom. The van der Waals surface area contributed by atoms with E-state index in [2.05, 4.69) is 0 Å². The highest BCUT2D eigenvalue weighted by Gasteiger charge is 2.08. The molecule has 0 saturated carbocycles. The summed E-state index contributed by atoms with van der Waals surface area (Å²) < 4.78 is 25.6. The Morgan fingerprint density at radius 1 is 0.952 bits per heavy atom. The molecule has 4 heteroatoms. The molecule has 0 aliphatic rings. The molecule has 2 aromatic rings. The third kappa shape index (κ3) is 4.76. The first-order chi connectivity index (χ1) is 10.0. The molecule has 0 atom stereocenters. The molecule has 0 radical (unpaired) electrons. The maximum absolute atomic E-state index is 12.8. The van der Waals surface area contributed by atoms with E-state index in [0.29, 0.717) is 25.1 Å². The zero-order valence-electron chi connectivity index (χ0n) is 11.9. The number of halogens is 2. The van der Waals surface area contributed by atoms with Crippen LogP contribution in [0.2, 0.25) is 0 Å². The van der Waals surface area contributed by atoms with E-state index in [1.807, 2.05) is 11.9 Å². The van der Waals surface area contributed by atoms with Crippen LogP contribution in [0.25, 0.3) is 0 Å². The summed E-state index contributed by atoms with van der Waals surface area (Å²) in [4.78, 5) is 14.0. The van der Waals surface area contributed by atoms with Crippen LogP contribution in [0.15, 0.2) is 48.5 Å². The van der Waals surface area contributed by atoms with Crippen LogP contribution in [-0.4, -0.2) is 24.3 Å².